The summed E-state index contributed by atoms with van der Waals surface area (Å²) < 4.78 is 5.44. The number of ether oxygens (including phenoxy) is 1. The second kappa shape index (κ2) is 16.9. The van der Waals surface area contributed by atoms with Crippen molar-refractivity contribution in [1.82, 2.24) is 5.32 Å². The molecule has 0 aliphatic carbocycles. The van der Waals surface area contributed by atoms with E-state index in [0.29, 0.717) is 19.4 Å². The number of hydrogen-bond donors (Lipinski definition) is 5. The van der Waals surface area contributed by atoms with Crippen molar-refractivity contribution in [2.45, 2.75) is 89.4 Å². The van der Waals surface area contributed by atoms with E-state index in [1.165, 1.54) is 19.3 Å². The molecule has 0 aromatic rings. The van der Waals surface area contributed by atoms with Crippen molar-refractivity contribution in [3.8, 4) is 0 Å². The molecule has 0 aromatic heterocycles. The summed E-state index contributed by atoms with van der Waals surface area (Å²) in [5.74, 6) is -1.51. The Morgan fingerprint density at radius 3 is 2.26 bits per heavy atom. The molecule has 1 amide bonds. The van der Waals surface area contributed by atoms with E-state index in [-0.39, 0.29) is 18.9 Å². The van der Waals surface area contributed by atoms with Crippen molar-refractivity contribution in [3.63, 3.8) is 0 Å². The molecule has 160 valence electrons. The van der Waals surface area contributed by atoms with Gasteiger partial charge in [0.25, 0.3) is 0 Å². The summed E-state index contributed by atoms with van der Waals surface area (Å²) in [4.78, 5) is 23.7. The average molecular weight is 391 g/mol. The number of unbranched alkanes of at least 4 members (excludes halogenated alkanes) is 6. The Hall–Kier alpha value is -1.22. The van der Waals surface area contributed by atoms with E-state index in [2.05, 4.69) is 12.2 Å². The fourth-order valence-corrected chi connectivity index (χ4v) is 2.75. The SMILES string of the molecule is CCCCCCCCCC(=O)N[C@H](C(=O)O)C(CCCN)OCC(O)CO. The number of aliphatic carboxylic acids is 1. The molecule has 27 heavy (non-hydrogen) atoms. The van der Waals surface area contributed by atoms with Crippen molar-refractivity contribution in [1.29, 1.82) is 0 Å². The first-order chi connectivity index (χ1) is 13.0. The average Bonchev–Trinajstić information content (AvgIpc) is 2.65. The number of nitrogens with one attached hydrogen (secondary N) is 1. The van der Waals surface area contributed by atoms with Gasteiger partial charge in [-0.3, -0.25) is 4.79 Å². The number of amides is 1. The van der Waals surface area contributed by atoms with Crippen LogP contribution in [-0.4, -0.2) is 65.2 Å². The monoisotopic (exact) mass is 390 g/mol. The molecule has 6 N–H and O–H groups in total. The molecule has 0 spiro atoms. The molecule has 0 saturated heterocycles. The van der Waals surface area contributed by atoms with Gasteiger partial charge in [-0.2, -0.15) is 0 Å². The summed E-state index contributed by atoms with van der Waals surface area (Å²) in [6.07, 6.45) is 6.79. The predicted octanol–water partition coefficient (Wildman–Crippen LogP) is 1.17. The maximum Gasteiger partial charge on any atom is 0.328 e. The molecule has 0 fully saturated rings. The van der Waals surface area contributed by atoms with Crippen molar-refractivity contribution < 1.29 is 29.6 Å². The lowest BCUT2D eigenvalue weighted by atomic mass is 10.0. The highest BCUT2D eigenvalue weighted by Crippen LogP contribution is 2.11. The molecule has 0 aliphatic rings. The van der Waals surface area contributed by atoms with Crippen LogP contribution in [0, 0.1) is 0 Å². The van der Waals surface area contributed by atoms with E-state index in [9.17, 15) is 19.8 Å². The normalized spacial score (nSPS) is 14.5. The Balaban J connectivity index is 4.44. The van der Waals surface area contributed by atoms with Gasteiger partial charge in [0, 0.05) is 6.42 Å². The number of rotatable bonds is 18. The van der Waals surface area contributed by atoms with E-state index in [0.717, 1.165) is 25.7 Å². The first kappa shape index (κ1) is 25.8. The Kier molecular flexibility index (Phi) is 16.2. The minimum absolute atomic E-state index is 0.205. The van der Waals surface area contributed by atoms with Crippen LogP contribution in [0.15, 0.2) is 0 Å². The highest BCUT2D eigenvalue weighted by atomic mass is 16.5. The molecule has 2 unspecified atom stereocenters. The number of carbonyl (C=O) groups excluding carboxylic acids is 1. The molecule has 0 rings (SSSR count). The van der Waals surface area contributed by atoms with Crippen molar-refractivity contribution in [3.05, 3.63) is 0 Å². The third kappa shape index (κ3) is 13.6. The maximum absolute atomic E-state index is 12.1. The zero-order chi connectivity index (χ0) is 20.5. The van der Waals surface area contributed by atoms with E-state index in [1.54, 1.807) is 0 Å². The summed E-state index contributed by atoms with van der Waals surface area (Å²) in [6, 6.07) is -1.21. The van der Waals surface area contributed by atoms with E-state index < -0.39 is 30.8 Å². The molecule has 3 atom stereocenters. The van der Waals surface area contributed by atoms with E-state index in [1.807, 2.05) is 0 Å². The Labute approximate surface area is 162 Å². The minimum atomic E-state index is -1.21. The van der Waals surface area contributed by atoms with Crippen molar-refractivity contribution >= 4 is 11.9 Å². The zero-order valence-corrected chi connectivity index (χ0v) is 16.6. The molecule has 0 aliphatic heterocycles. The lowest BCUT2D eigenvalue weighted by Gasteiger charge is -2.26. The number of hydrogen-bond acceptors (Lipinski definition) is 6. The van der Waals surface area contributed by atoms with Crippen LogP contribution in [0.1, 0.15) is 71.1 Å². The second-order valence-corrected chi connectivity index (χ2v) is 6.89. The maximum atomic E-state index is 12.1. The van der Waals surface area contributed by atoms with Crippen LogP contribution in [0.4, 0.5) is 0 Å². The van der Waals surface area contributed by atoms with Crippen LogP contribution < -0.4 is 11.1 Å². The topological polar surface area (TPSA) is 142 Å². The van der Waals surface area contributed by atoms with Crippen LogP contribution in [0.3, 0.4) is 0 Å². The Morgan fingerprint density at radius 2 is 1.70 bits per heavy atom. The summed E-state index contributed by atoms with van der Waals surface area (Å²) in [5, 5.41) is 30.3. The third-order valence-corrected chi connectivity index (χ3v) is 4.37. The first-order valence-electron chi connectivity index (χ1n) is 10.1. The molecular formula is C19H38N2O6. The predicted molar refractivity (Wildman–Crippen MR) is 103 cm³/mol. The molecule has 8 nitrogen and oxygen atoms in total. The fourth-order valence-electron chi connectivity index (χ4n) is 2.75. The third-order valence-electron chi connectivity index (χ3n) is 4.37. The first-order valence-corrected chi connectivity index (χ1v) is 10.1. The van der Waals surface area contributed by atoms with E-state index in [4.69, 9.17) is 15.6 Å². The summed E-state index contributed by atoms with van der Waals surface area (Å²) in [7, 11) is 0. The summed E-state index contributed by atoms with van der Waals surface area (Å²) >= 11 is 0. The van der Waals surface area contributed by atoms with Gasteiger partial charge in [0.05, 0.1) is 19.3 Å². The number of aliphatic hydroxyl groups is 2. The molecule has 0 bridgehead atoms. The zero-order valence-electron chi connectivity index (χ0n) is 16.6. The van der Waals surface area contributed by atoms with Gasteiger partial charge in [-0.05, 0) is 25.8 Å². The quantitative estimate of drug-likeness (QED) is 0.221. The smallest absolute Gasteiger partial charge is 0.328 e. The van der Waals surface area contributed by atoms with Gasteiger partial charge in [0.15, 0.2) is 6.04 Å². The summed E-state index contributed by atoms with van der Waals surface area (Å²) in [5.41, 5.74) is 5.48. The van der Waals surface area contributed by atoms with Gasteiger partial charge >= 0.3 is 5.97 Å². The van der Waals surface area contributed by atoms with Gasteiger partial charge in [-0.25, -0.2) is 4.79 Å². The molecule has 0 heterocycles. The van der Waals surface area contributed by atoms with Gasteiger partial charge in [-0.1, -0.05) is 45.4 Å². The Bertz CT molecular complexity index is 394. The number of aliphatic hydroxyl groups excluding tert-OH is 2. The highest BCUT2D eigenvalue weighted by molar-refractivity contribution is 5.83. The second-order valence-electron chi connectivity index (χ2n) is 6.89. The van der Waals surface area contributed by atoms with Gasteiger partial charge in [0.2, 0.25) is 5.91 Å². The minimum Gasteiger partial charge on any atom is -0.480 e. The van der Waals surface area contributed by atoms with Gasteiger partial charge < -0.3 is 31.1 Å². The molecule has 8 heteroatoms. The number of nitrogens with two attached hydrogens (primary N) is 1. The number of carboxylic acid groups (broad SMARTS) is 1. The van der Waals surface area contributed by atoms with Crippen LogP contribution in [0.25, 0.3) is 0 Å². The van der Waals surface area contributed by atoms with Crippen LogP contribution in [-0.2, 0) is 14.3 Å². The highest BCUT2D eigenvalue weighted by Gasteiger charge is 2.30. The van der Waals surface area contributed by atoms with Crippen molar-refractivity contribution in [2.75, 3.05) is 19.8 Å². The molecule has 0 aromatic carbocycles. The lowest BCUT2D eigenvalue weighted by Crippen LogP contribution is -2.50. The Morgan fingerprint density at radius 1 is 1.07 bits per heavy atom. The van der Waals surface area contributed by atoms with Crippen LogP contribution in [0.2, 0.25) is 0 Å². The van der Waals surface area contributed by atoms with Gasteiger partial charge in [0.1, 0.15) is 6.10 Å². The van der Waals surface area contributed by atoms with E-state index >= 15 is 0 Å². The van der Waals surface area contributed by atoms with Crippen molar-refractivity contribution in [2.24, 2.45) is 5.73 Å². The largest absolute Gasteiger partial charge is 0.480 e. The number of carboxylic acids is 1. The van der Waals surface area contributed by atoms with Crippen LogP contribution >= 0.6 is 0 Å². The molecule has 0 radical (unpaired) electrons. The molecular weight excluding hydrogens is 352 g/mol. The lowest BCUT2D eigenvalue weighted by molar-refractivity contribution is -0.148. The standard InChI is InChI=1S/C19H38N2O6/c1-2-3-4-5-6-7-8-11-17(24)21-18(19(25)26)16(10-9-12-20)27-14-15(23)13-22/h15-16,18,22-23H,2-14,20H2,1H3,(H,21,24)(H,25,26)/t15?,16?,18-/m0/s1. The molecule has 0 saturated carbocycles. The fraction of sp³-hybridized carbons (Fsp3) is 0.895. The summed E-state index contributed by atoms with van der Waals surface area (Å²) in [6.45, 7) is 1.84. The van der Waals surface area contributed by atoms with Gasteiger partial charge in [-0.15, -0.1) is 0 Å². The number of carbonyl (C=O) groups is 2. The van der Waals surface area contributed by atoms with Crippen LogP contribution in [0.5, 0.6) is 0 Å².